The zero-order valence-corrected chi connectivity index (χ0v) is 11.2. The molecular formula is C15H18O5. The molecule has 2 aliphatic rings. The Labute approximate surface area is 117 Å². The van der Waals surface area contributed by atoms with E-state index in [1.807, 2.05) is 18.2 Å². The van der Waals surface area contributed by atoms with Crippen LogP contribution in [0.5, 0.6) is 0 Å². The molecule has 2 saturated heterocycles. The maximum absolute atomic E-state index is 10.6. The lowest BCUT2D eigenvalue weighted by Crippen LogP contribution is -2.05. The number of ether oxygens (including phenoxy) is 4. The molecule has 2 fully saturated rings. The highest BCUT2D eigenvalue weighted by atomic mass is 16.7. The van der Waals surface area contributed by atoms with Crippen LogP contribution < -0.4 is 0 Å². The van der Waals surface area contributed by atoms with Gasteiger partial charge in [0, 0.05) is 17.5 Å². The summed E-state index contributed by atoms with van der Waals surface area (Å²) in [5.74, 6) is 0. The van der Waals surface area contributed by atoms with Gasteiger partial charge in [0.15, 0.2) is 12.6 Å². The molecule has 0 saturated carbocycles. The van der Waals surface area contributed by atoms with Crippen LogP contribution in [0.25, 0.3) is 0 Å². The number of hydrogen-bond donors (Lipinski definition) is 0. The number of carbonyl (C=O) groups excluding carboxylic acids is 1. The third-order valence-electron chi connectivity index (χ3n) is 3.38. The van der Waals surface area contributed by atoms with Crippen molar-refractivity contribution in [3.05, 3.63) is 34.9 Å². The van der Waals surface area contributed by atoms with Gasteiger partial charge in [-0.3, -0.25) is 0 Å². The standard InChI is InChI=1S/C15H18O5/c16-3-1-2-11-8-12(14-17-4-5-18-14)10-13(9-11)15-19-6-7-20-15/h3,8-10,14-15H,1-2,4-7H2. The Morgan fingerprint density at radius 2 is 1.40 bits per heavy atom. The lowest BCUT2D eigenvalue weighted by molar-refractivity contribution is -0.107. The van der Waals surface area contributed by atoms with E-state index in [2.05, 4.69) is 0 Å². The molecule has 0 N–H and O–H groups in total. The minimum Gasteiger partial charge on any atom is -0.346 e. The van der Waals surface area contributed by atoms with Crippen LogP contribution in [0.1, 0.15) is 35.7 Å². The van der Waals surface area contributed by atoms with Gasteiger partial charge in [-0.2, -0.15) is 0 Å². The van der Waals surface area contributed by atoms with E-state index in [0.29, 0.717) is 39.3 Å². The Morgan fingerprint density at radius 3 is 1.85 bits per heavy atom. The summed E-state index contributed by atoms with van der Waals surface area (Å²) in [6, 6.07) is 6.05. The molecule has 20 heavy (non-hydrogen) atoms. The monoisotopic (exact) mass is 278 g/mol. The molecule has 0 aromatic heterocycles. The Kier molecular flexibility index (Phi) is 4.42. The first-order valence-electron chi connectivity index (χ1n) is 6.90. The lowest BCUT2D eigenvalue weighted by atomic mass is 10.0. The molecule has 0 unspecified atom stereocenters. The van der Waals surface area contributed by atoms with Gasteiger partial charge in [-0.25, -0.2) is 0 Å². The Bertz CT molecular complexity index is 427. The normalized spacial score (nSPS) is 20.6. The van der Waals surface area contributed by atoms with E-state index < -0.39 is 0 Å². The molecule has 0 amide bonds. The smallest absolute Gasteiger partial charge is 0.184 e. The topological polar surface area (TPSA) is 54.0 Å². The first-order valence-corrected chi connectivity index (χ1v) is 6.90. The van der Waals surface area contributed by atoms with E-state index in [9.17, 15) is 4.79 Å². The van der Waals surface area contributed by atoms with Crippen LogP contribution in [0, 0.1) is 0 Å². The summed E-state index contributed by atoms with van der Waals surface area (Å²) in [6.07, 6.45) is 1.47. The number of rotatable bonds is 5. The third-order valence-corrected chi connectivity index (χ3v) is 3.38. The van der Waals surface area contributed by atoms with E-state index in [1.54, 1.807) is 0 Å². The fraction of sp³-hybridized carbons (Fsp3) is 0.533. The molecule has 2 heterocycles. The average molecular weight is 278 g/mol. The summed E-state index contributed by atoms with van der Waals surface area (Å²) in [4.78, 5) is 10.6. The van der Waals surface area contributed by atoms with Crippen molar-refractivity contribution in [1.29, 1.82) is 0 Å². The van der Waals surface area contributed by atoms with Gasteiger partial charge in [0.05, 0.1) is 26.4 Å². The summed E-state index contributed by atoms with van der Waals surface area (Å²) in [6.45, 7) is 2.42. The summed E-state index contributed by atoms with van der Waals surface area (Å²) in [5.41, 5.74) is 2.99. The van der Waals surface area contributed by atoms with E-state index in [1.165, 1.54) is 0 Å². The second-order valence-electron chi connectivity index (χ2n) is 4.86. The Balaban J connectivity index is 1.86. The Hall–Kier alpha value is -1.27. The van der Waals surface area contributed by atoms with Gasteiger partial charge in [-0.15, -0.1) is 0 Å². The van der Waals surface area contributed by atoms with Gasteiger partial charge >= 0.3 is 0 Å². The highest BCUT2D eigenvalue weighted by Gasteiger charge is 2.23. The molecular weight excluding hydrogens is 260 g/mol. The number of aryl methyl sites for hydroxylation is 1. The molecule has 1 aromatic rings. The minimum atomic E-state index is -0.327. The van der Waals surface area contributed by atoms with E-state index in [-0.39, 0.29) is 12.6 Å². The van der Waals surface area contributed by atoms with Crippen LogP contribution in [-0.4, -0.2) is 32.7 Å². The second-order valence-corrected chi connectivity index (χ2v) is 4.86. The van der Waals surface area contributed by atoms with E-state index in [0.717, 1.165) is 23.0 Å². The van der Waals surface area contributed by atoms with Crippen molar-refractivity contribution in [1.82, 2.24) is 0 Å². The molecule has 0 bridgehead atoms. The van der Waals surface area contributed by atoms with Crippen LogP contribution in [0.4, 0.5) is 0 Å². The maximum Gasteiger partial charge on any atom is 0.184 e. The summed E-state index contributed by atoms with van der Waals surface area (Å²) >= 11 is 0. The predicted molar refractivity (Wildman–Crippen MR) is 70.1 cm³/mol. The Morgan fingerprint density at radius 1 is 0.900 bits per heavy atom. The lowest BCUT2D eigenvalue weighted by Gasteiger charge is -2.16. The molecule has 0 spiro atoms. The van der Waals surface area contributed by atoms with Gasteiger partial charge in [0.2, 0.25) is 0 Å². The molecule has 1 aromatic carbocycles. The first-order chi connectivity index (χ1) is 9.86. The molecule has 108 valence electrons. The van der Waals surface area contributed by atoms with Crippen molar-refractivity contribution in [3.63, 3.8) is 0 Å². The van der Waals surface area contributed by atoms with Gasteiger partial charge in [0.25, 0.3) is 0 Å². The van der Waals surface area contributed by atoms with E-state index in [4.69, 9.17) is 18.9 Å². The average Bonchev–Trinajstić information content (AvgIpc) is 3.17. The van der Waals surface area contributed by atoms with Gasteiger partial charge in [-0.05, 0) is 18.1 Å². The maximum atomic E-state index is 10.6. The van der Waals surface area contributed by atoms with Crippen molar-refractivity contribution in [2.75, 3.05) is 26.4 Å². The SMILES string of the molecule is O=CCCc1cc(C2OCCO2)cc(C2OCCO2)c1. The molecule has 5 heteroatoms. The molecule has 0 radical (unpaired) electrons. The third kappa shape index (κ3) is 3.07. The summed E-state index contributed by atoms with van der Waals surface area (Å²) < 4.78 is 22.2. The molecule has 2 aliphatic heterocycles. The first kappa shape index (κ1) is 13.7. The van der Waals surface area contributed by atoms with Crippen LogP contribution in [0.3, 0.4) is 0 Å². The molecule has 5 nitrogen and oxygen atoms in total. The summed E-state index contributed by atoms with van der Waals surface area (Å²) in [5, 5.41) is 0. The van der Waals surface area contributed by atoms with Crippen LogP contribution >= 0.6 is 0 Å². The molecule has 0 aliphatic carbocycles. The highest BCUT2D eigenvalue weighted by molar-refractivity contribution is 5.50. The fourth-order valence-electron chi connectivity index (χ4n) is 2.49. The largest absolute Gasteiger partial charge is 0.346 e. The van der Waals surface area contributed by atoms with Crippen molar-refractivity contribution >= 4 is 6.29 Å². The highest BCUT2D eigenvalue weighted by Crippen LogP contribution is 2.30. The van der Waals surface area contributed by atoms with Crippen LogP contribution in [0.15, 0.2) is 18.2 Å². The zero-order valence-electron chi connectivity index (χ0n) is 11.2. The molecule has 3 rings (SSSR count). The predicted octanol–water partition coefficient (Wildman–Crippen LogP) is 1.91. The quantitative estimate of drug-likeness (QED) is 0.770. The fourth-order valence-corrected chi connectivity index (χ4v) is 2.49. The number of hydrogen-bond acceptors (Lipinski definition) is 5. The number of benzene rings is 1. The van der Waals surface area contributed by atoms with Crippen molar-refractivity contribution in [2.24, 2.45) is 0 Å². The van der Waals surface area contributed by atoms with Gasteiger partial charge in [-0.1, -0.05) is 12.1 Å². The van der Waals surface area contributed by atoms with Crippen molar-refractivity contribution < 1.29 is 23.7 Å². The van der Waals surface area contributed by atoms with E-state index >= 15 is 0 Å². The minimum absolute atomic E-state index is 0.327. The number of aldehydes is 1. The zero-order chi connectivity index (χ0) is 13.8. The van der Waals surface area contributed by atoms with Crippen molar-refractivity contribution in [3.8, 4) is 0 Å². The van der Waals surface area contributed by atoms with Gasteiger partial charge < -0.3 is 23.7 Å². The van der Waals surface area contributed by atoms with Crippen molar-refractivity contribution in [2.45, 2.75) is 25.4 Å². The molecule has 0 atom stereocenters. The van der Waals surface area contributed by atoms with Crippen LogP contribution in [-0.2, 0) is 30.2 Å². The summed E-state index contributed by atoms with van der Waals surface area (Å²) in [7, 11) is 0. The number of carbonyl (C=O) groups is 1. The second kappa shape index (κ2) is 6.45. The van der Waals surface area contributed by atoms with Crippen LogP contribution in [0.2, 0.25) is 0 Å². The van der Waals surface area contributed by atoms with Gasteiger partial charge in [0.1, 0.15) is 6.29 Å².